The molecule has 27 heavy (non-hydrogen) atoms. The molecule has 1 atom stereocenters. The first-order chi connectivity index (χ1) is 12.8. The summed E-state index contributed by atoms with van der Waals surface area (Å²) in [6.45, 7) is 4.93. The normalized spacial score (nSPS) is 15.3. The predicted octanol–water partition coefficient (Wildman–Crippen LogP) is 4.40. The SMILES string of the molecule is CC(C)[C@H](NS(=O)(=O)/C=C/c1ccc(Cl)cc1)c1ccc2c(c1)OCCO2. The fraction of sp³-hybridized carbons (Fsp3) is 0.300. The van der Waals surface area contributed by atoms with Gasteiger partial charge in [-0.2, -0.15) is 0 Å². The fourth-order valence-electron chi connectivity index (χ4n) is 2.80. The highest BCUT2D eigenvalue weighted by Gasteiger charge is 2.23. The molecule has 0 amide bonds. The van der Waals surface area contributed by atoms with Gasteiger partial charge in [0.2, 0.25) is 10.0 Å². The molecule has 0 aliphatic carbocycles. The molecular weight excluding hydrogens is 386 g/mol. The van der Waals surface area contributed by atoms with Crippen LogP contribution in [-0.2, 0) is 10.0 Å². The van der Waals surface area contributed by atoms with E-state index in [0.717, 1.165) is 11.1 Å². The lowest BCUT2D eigenvalue weighted by Gasteiger charge is -2.24. The van der Waals surface area contributed by atoms with Crippen LogP contribution in [0.15, 0.2) is 47.9 Å². The number of nitrogens with one attached hydrogen (secondary N) is 1. The van der Waals surface area contributed by atoms with E-state index >= 15 is 0 Å². The number of benzene rings is 2. The van der Waals surface area contributed by atoms with Gasteiger partial charge in [-0.25, -0.2) is 13.1 Å². The highest BCUT2D eigenvalue weighted by molar-refractivity contribution is 7.92. The lowest BCUT2D eigenvalue weighted by molar-refractivity contribution is 0.171. The van der Waals surface area contributed by atoms with Gasteiger partial charge in [0.1, 0.15) is 13.2 Å². The molecule has 3 rings (SSSR count). The van der Waals surface area contributed by atoms with Gasteiger partial charge in [-0.15, -0.1) is 0 Å². The molecule has 0 aromatic heterocycles. The largest absolute Gasteiger partial charge is 0.486 e. The molecule has 1 heterocycles. The van der Waals surface area contributed by atoms with Crippen molar-refractivity contribution in [3.8, 4) is 11.5 Å². The van der Waals surface area contributed by atoms with Crippen molar-refractivity contribution in [2.45, 2.75) is 19.9 Å². The Morgan fingerprint density at radius 3 is 2.37 bits per heavy atom. The van der Waals surface area contributed by atoms with Gasteiger partial charge in [0.15, 0.2) is 11.5 Å². The standard InChI is InChI=1S/C20H22ClNO4S/c1-14(2)20(16-5-8-18-19(13-16)26-11-10-25-18)22-27(23,24)12-9-15-3-6-17(21)7-4-15/h3-9,12-14,20,22H,10-11H2,1-2H3/b12-9+/t20-/m0/s1. The van der Waals surface area contributed by atoms with Gasteiger partial charge in [-0.3, -0.25) is 0 Å². The summed E-state index contributed by atoms with van der Waals surface area (Å²) in [6, 6.07) is 12.1. The second-order valence-corrected chi connectivity index (χ2v) is 8.68. The molecule has 1 aliphatic rings. The van der Waals surface area contributed by atoms with Crippen molar-refractivity contribution in [1.29, 1.82) is 0 Å². The molecule has 0 bridgehead atoms. The molecule has 0 spiro atoms. The van der Waals surface area contributed by atoms with Crippen molar-refractivity contribution >= 4 is 27.7 Å². The molecule has 0 unspecified atom stereocenters. The highest BCUT2D eigenvalue weighted by atomic mass is 35.5. The number of halogens is 1. The van der Waals surface area contributed by atoms with E-state index in [0.29, 0.717) is 29.7 Å². The number of fused-ring (bicyclic) bond motifs is 1. The first-order valence-electron chi connectivity index (χ1n) is 8.69. The highest BCUT2D eigenvalue weighted by Crippen LogP contribution is 2.34. The number of rotatable bonds is 6. The zero-order chi connectivity index (χ0) is 19.4. The molecule has 2 aromatic rings. The zero-order valence-corrected chi connectivity index (χ0v) is 16.8. The molecular formula is C20H22ClNO4S. The summed E-state index contributed by atoms with van der Waals surface area (Å²) in [6.07, 6.45) is 1.54. The van der Waals surface area contributed by atoms with E-state index < -0.39 is 10.0 Å². The maximum atomic E-state index is 12.6. The quantitative estimate of drug-likeness (QED) is 0.770. The van der Waals surface area contributed by atoms with Gasteiger partial charge >= 0.3 is 0 Å². The third-order valence-corrected chi connectivity index (χ3v) is 5.52. The lowest BCUT2D eigenvalue weighted by Crippen LogP contribution is -2.30. The van der Waals surface area contributed by atoms with Crippen LogP contribution >= 0.6 is 11.6 Å². The lowest BCUT2D eigenvalue weighted by atomic mass is 9.97. The fourth-order valence-corrected chi connectivity index (χ4v) is 4.10. The first kappa shape index (κ1) is 19.7. The van der Waals surface area contributed by atoms with E-state index in [-0.39, 0.29) is 12.0 Å². The van der Waals surface area contributed by atoms with E-state index in [4.69, 9.17) is 21.1 Å². The molecule has 0 fully saturated rings. The minimum atomic E-state index is -3.64. The summed E-state index contributed by atoms with van der Waals surface area (Å²) in [4.78, 5) is 0. The Bertz CT molecular complexity index is 923. The van der Waals surface area contributed by atoms with Crippen LogP contribution in [0.3, 0.4) is 0 Å². The Morgan fingerprint density at radius 2 is 1.70 bits per heavy atom. The van der Waals surface area contributed by atoms with Crippen LogP contribution in [0.1, 0.15) is 31.0 Å². The molecule has 0 radical (unpaired) electrons. The molecule has 1 N–H and O–H groups in total. The van der Waals surface area contributed by atoms with Crippen LogP contribution in [0.2, 0.25) is 5.02 Å². The maximum Gasteiger partial charge on any atom is 0.234 e. The summed E-state index contributed by atoms with van der Waals surface area (Å²) < 4.78 is 39.0. The van der Waals surface area contributed by atoms with Gasteiger partial charge in [0, 0.05) is 16.5 Å². The molecule has 1 aliphatic heterocycles. The van der Waals surface area contributed by atoms with Crippen molar-refractivity contribution in [1.82, 2.24) is 4.72 Å². The second kappa shape index (κ2) is 8.33. The molecule has 144 valence electrons. The minimum Gasteiger partial charge on any atom is -0.486 e. The van der Waals surface area contributed by atoms with Crippen LogP contribution in [0, 0.1) is 5.92 Å². The number of hydrogen-bond acceptors (Lipinski definition) is 4. The molecule has 7 heteroatoms. The Kier molecular flexibility index (Phi) is 6.09. The van der Waals surface area contributed by atoms with Crippen molar-refractivity contribution in [3.63, 3.8) is 0 Å². The van der Waals surface area contributed by atoms with Crippen molar-refractivity contribution in [3.05, 3.63) is 64.0 Å². The Balaban J connectivity index is 1.80. The number of ether oxygens (including phenoxy) is 2. The maximum absolute atomic E-state index is 12.6. The van der Waals surface area contributed by atoms with Gasteiger partial charge in [0.05, 0.1) is 0 Å². The van der Waals surface area contributed by atoms with Gasteiger partial charge in [-0.1, -0.05) is 43.6 Å². The van der Waals surface area contributed by atoms with Gasteiger partial charge < -0.3 is 9.47 Å². The summed E-state index contributed by atoms with van der Waals surface area (Å²) >= 11 is 5.85. The van der Waals surface area contributed by atoms with E-state index in [2.05, 4.69) is 4.72 Å². The van der Waals surface area contributed by atoms with Crippen LogP contribution in [-0.4, -0.2) is 21.6 Å². The summed E-state index contributed by atoms with van der Waals surface area (Å²) in [5.74, 6) is 1.37. The van der Waals surface area contributed by atoms with Crippen LogP contribution < -0.4 is 14.2 Å². The average molecular weight is 408 g/mol. The van der Waals surface area contributed by atoms with Crippen LogP contribution in [0.25, 0.3) is 6.08 Å². The van der Waals surface area contributed by atoms with Gasteiger partial charge in [0.25, 0.3) is 0 Å². The molecule has 0 saturated heterocycles. The summed E-state index contributed by atoms with van der Waals surface area (Å²) in [5.41, 5.74) is 1.59. The minimum absolute atomic E-state index is 0.0475. The number of sulfonamides is 1. The van der Waals surface area contributed by atoms with Crippen molar-refractivity contribution < 1.29 is 17.9 Å². The van der Waals surface area contributed by atoms with E-state index in [1.165, 1.54) is 5.41 Å². The summed E-state index contributed by atoms with van der Waals surface area (Å²) in [5, 5.41) is 1.77. The van der Waals surface area contributed by atoms with Gasteiger partial charge in [-0.05, 0) is 47.4 Å². The van der Waals surface area contributed by atoms with Crippen LogP contribution in [0.4, 0.5) is 0 Å². The van der Waals surface area contributed by atoms with E-state index in [9.17, 15) is 8.42 Å². The first-order valence-corrected chi connectivity index (χ1v) is 10.6. The van der Waals surface area contributed by atoms with E-state index in [1.807, 2.05) is 32.0 Å². The Labute approximate surface area is 165 Å². The summed E-state index contributed by atoms with van der Waals surface area (Å²) in [7, 11) is -3.64. The zero-order valence-electron chi connectivity index (χ0n) is 15.2. The molecule has 5 nitrogen and oxygen atoms in total. The van der Waals surface area contributed by atoms with Crippen molar-refractivity contribution in [2.75, 3.05) is 13.2 Å². The number of hydrogen-bond donors (Lipinski definition) is 1. The van der Waals surface area contributed by atoms with Crippen molar-refractivity contribution in [2.24, 2.45) is 5.92 Å². The Hall–Kier alpha value is -2.02. The Morgan fingerprint density at radius 1 is 1.04 bits per heavy atom. The second-order valence-electron chi connectivity index (χ2n) is 6.64. The monoisotopic (exact) mass is 407 g/mol. The molecule has 0 saturated carbocycles. The van der Waals surface area contributed by atoms with Crippen LogP contribution in [0.5, 0.6) is 11.5 Å². The smallest absolute Gasteiger partial charge is 0.234 e. The third kappa shape index (κ3) is 5.25. The van der Waals surface area contributed by atoms with E-state index in [1.54, 1.807) is 30.3 Å². The average Bonchev–Trinajstić information content (AvgIpc) is 2.65. The topological polar surface area (TPSA) is 64.6 Å². The molecule has 2 aromatic carbocycles. The predicted molar refractivity (Wildman–Crippen MR) is 108 cm³/mol. The third-order valence-electron chi connectivity index (χ3n) is 4.19.